The first-order valence-electron chi connectivity index (χ1n) is 12.3. The summed E-state index contributed by atoms with van der Waals surface area (Å²) in [7, 11) is -4.47. The molecule has 0 atom stereocenters. The van der Waals surface area contributed by atoms with Gasteiger partial charge in [-0.1, -0.05) is 43.0 Å². The molecule has 0 aliphatic heterocycles. The van der Waals surface area contributed by atoms with Crippen molar-refractivity contribution in [2.45, 2.75) is 57.7 Å². The van der Waals surface area contributed by atoms with Crippen molar-refractivity contribution in [1.82, 2.24) is 14.8 Å². The van der Waals surface area contributed by atoms with Gasteiger partial charge in [0.2, 0.25) is 0 Å². The van der Waals surface area contributed by atoms with E-state index < -0.39 is 34.4 Å². The van der Waals surface area contributed by atoms with Gasteiger partial charge in [0, 0.05) is 11.1 Å². The van der Waals surface area contributed by atoms with Gasteiger partial charge >= 0.3 is 16.3 Å². The van der Waals surface area contributed by atoms with E-state index in [1.54, 1.807) is 31.2 Å². The summed E-state index contributed by atoms with van der Waals surface area (Å²) in [6.07, 6.45) is -1.92. The molecule has 1 aliphatic carbocycles. The molecule has 1 heterocycles. The van der Waals surface area contributed by atoms with E-state index in [0.717, 1.165) is 24.3 Å². The summed E-state index contributed by atoms with van der Waals surface area (Å²) < 4.78 is 67.6. The van der Waals surface area contributed by atoms with E-state index in [-0.39, 0.29) is 17.5 Å². The lowest BCUT2D eigenvalue weighted by molar-refractivity contribution is -0.130. The van der Waals surface area contributed by atoms with Crippen LogP contribution in [0.4, 0.5) is 13.2 Å². The van der Waals surface area contributed by atoms with E-state index >= 15 is 0 Å². The van der Waals surface area contributed by atoms with Gasteiger partial charge in [0.25, 0.3) is 5.91 Å². The first-order chi connectivity index (χ1) is 18.4. The predicted molar refractivity (Wildman–Crippen MR) is 139 cm³/mol. The largest absolute Gasteiger partial charge is 0.390 e. The van der Waals surface area contributed by atoms with Gasteiger partial charge in [0.1, 0.15) is 5.75 Å². The lowest BCUT2D eigenvalue weighted by Gasteiger charge is -2.28. The number of rotatable bonds is 8. The Kier molecular flexibility index (Phi) is 8.57. The monoisotopic (exact) mass is 585 g/mol. The van der Waals surface area contributed by atoms with Gasteiger partial charge < -0.3 is 4.18 Å². The molecule has 0 spiro atoms. The second-order valence-electron chi connectivity index (χ2n) is 9.36. The SMILES string of the molecule is Cc1c(C(=O)N(O)C2CCCCC2)nn(-c2ccccc2Cl)c1-c1ccc(OS(=O)(=O)CCC(F)(F)F)cc1. The molecule has 0 bridgehead atoms. The molecule has 0 radical (unpaired) electrons. The van der Waals surface area contributed by atoms with Crippen LogP contribution in [-0.2, 0) is 10.1 Å². The van der Waals surface area contributed by atoms with Crippen LogP contribution >= 0.6 is 11.6 Å². The maximum absolute atomic E-state index is 13.3. The number of carbonyl (C=O) groups is 1. The van der Waals surface area contributed by atoms with Gasteiger partial charge in [-0.05, 0) is 56.2 Å². The van der Waals surface area contributed by atoms with Crippen molar-refractivity contribution < 1.29 is 35.8 Å². The molecule has 1 amide bonds. The van der Waals surface area contributed by atoms with E-state index in [9.17, 15) is 31.6 Å². The number of para-hydroxylation sites is 1. The number of carbonyl (C=O) groups excluding carboxylic acids is 1. The molecule has 1 N–H and O–H groups in total. The van der Waals surface area contributed by atoms with Crippen molar-refractivity contribution in [3.05, 3.63) is 64.8 Å². The Labute approximate surface area is 229 Å². The molecular formula is C26H27ClF3N3O5S. The summed E-state index contributed by atoms with van der Waals surface area (Å²) in [6.45, 7) is 1.67. The molecule has 1 aromatic heterocycles. The summed E-state index contributed by atoms with van der Waals surface area (Å²) in [5.74, 6) is -2.03. The number of halogens is 4. The first-order valence-corrected chi connectivity index (χ1v) is 14.3. The number of benzene rings is 2. The number of amides is 1. The zero-order valence-electron chi connectivity index (χ0n) is 21.0. The Balaban J connectivity index is 1.69. The summed E-state index contributed by atoms with van der Waals surface area (Å²) in [6, 6.07) is 12.1. The average Bonchev–Trinajstić information content (AvgIpc) is 3.24. The standard InChI is InChI=1S/C26H27ClF3N3O5S/c1-17-23(25(34)33(35)19-7-3-2-4-8-19)31-32(22-10-6-5-9-21(22)27)24(17)18-11-13-20(14-12-18)38-39(36,37)16-15-26(28,29)30/h5-6,9-14,19,35H,2-4,7-8,15-16H2,1H3. The Morgan fingerprint density at radius 2 is 1.77 bits per heavy atom. The van der Waals surface area contributed by atoms with Crippen LogP contribution < -0.4 is 4.18 Å². The third kappa shape index (κ3) is 6.92. The van der Waals surface area contributed by atoms with Crippen molar-refractivity contribution in [2.75, 3.05) is 5.75 Å². The second kappa shape index (κ2) is 11.6. The van der Waals surface area contributed by atoms with E-state index in [2.05, 4.69) is 5.10 Å². The summed E-state index contributed by atoms with van der Waals surface area (Å²) in [5, 5.41) is 16.3. The van der Waals surface area contributed by atoms with Crippen LogP contribution in [0.1, 0.15) is 54.6 Å². The predicted octanol–water partition coefficient (Wildman–Crippen LogP) is 6.33. The van der Waals surface area contributed by atoms with Crippen LogP contribution in [0.3, 0.4) is 0 Å². The molecular weight excluding hydrogens is 559 g/mol. The molecule has 39 heavy (non-hydrogen) atoms. The number of alkyl halides is 3. The van der Waals surface area contributed by atoms with Gasteiger partial charge in [0.15, 0.2) is 5.69 Å². The Bertz CT molecular complexity index is 1440. The molecule has 1 fully saturated rings. The van der Waals surface area contributed by atoms with Gasteiger partial charge in [-0.2, -0.15) is 26.7 Å². The maximum atomic E-state index is 13.3. The molecule has 0 unspecified atom stereocenters. The normalized spacial score (nSPS) is 14.8. The van der Waals surface area contributed by atoms with Gasteiger partial charge in [0.05, 0.1) is 34.6 Å². The molecule has 1 aliphatic rings. The topological polar surface area (TPSA) is 102 Å². The van der Waals surface area contributed by atoms with Crippen LogP contribution in [0.25, 0.3) is 16.9 Å². The lowest BCUT2D eigenvalue weighted by Crippen LogP contribution is -2.39. The summed E-state index contributed by atoms with van der Waals surface area (Å²) >= 11 is 6.43. The summed E-state index contributed by atoms with van der Waals surface area (Å²) in [5.41, 5.74) is 1.89. The second-order valence-corrected chi connectivity index (χ2v) is 11.5. The number of hydrogen-bond donors (Lipinski definition) is 1. The zero-order valence-corrected chi connectivity index (χ0v) is 22.6. The Morgan fingerprint density at radius 1 is 1.13 bits per heavy atom. The number of nitrogens with zero attached hydrogens (tertiary/aromatic N) is 3. The molecule has 0 saturated heterocycles. The molecule has 210 valence electrons. The maximum Gasteiger partial charge on any atom is 0.390 e. The molecule has 1 saturated carbocycles. The number of hydroxylamine groups is 2. The van der Waals surface area contributed by atoms with E-state index in [4.69, 9.17) is 15.8 Å². The Hall–Kier alpha value is -3.09. The van der Waals surface area contributed by atoms with Crippen molar-refractivity contribution in [2.24, 2.45) is 0 Å². The average molecular weight is 586 g/mol. The lowest BCUT2D eigenvalue weighted by atomic mass is 9.95. The zero-order chi connectivity index (χ0) is 28.4. The first kappa shape index (κ1) is 28.9. The third-order valence-corrected chi connectivity index (χ3v) is 7.99. The Morgan fingerprint density at radius 3 is 2.38 bits per heavy atom. The fourth-order valence-electron chi connectivity index (χ4n) is 4.53. The smallest absolute Gasteiger partial charge is 0.382 e. The van der Waals surface area contributed by atoms with Crippen LogP contribution in [0, 0.1) is 6.92 Å². The fourth-order valence-corrected chi connectivity index (χ4v) is 5.72. The molecule has 3 aromatic rings. The summed E-state index contributed by atoms with van der Waals surface area (Å²) in [4.78, 5) is 13.3. The minimum absolute atomic E-state index is 0.0213. The molecule has 2 aromatic carbocycles. The van der Waals surface area contributed by atoms with Crippen molar-refractivity contribution in [3.8, 4) is 22.7 Å². The van der Waals surface area contributed by atoms with Crippen LogP contribution in [0.5, 0.6) is 5.75 Å². The van der Waals surface area contributed by atoms with Crippen LogP contribution in [0.2, 0.25) is 5.02 Å². The highest BCUT2D eigenvalue weighted by atomic mass is 35.5. The van der Waals surface area contributed by atoms with E-state index in [1.165, 1.54) is 28.9 Å². The van der Waals surface area contributed by atoms with E-state index in [0.29, 0.717) is 40.4 Å². The highest BCUT2D eigenvalue weighted by molar-refractivity contribution is 7.87. The molecule has 13 heteroatoms. The highest BCUT2D eigenvalue weighted by Crippen LogP contribution is 2.34. The van der Waals surface area contributed by atoms with Crippen LogP contribution in [0.15, 0.2) is 48.5 Å². The van der Waals surface area contributed by atoms with Crippen molar-refractivity contribution in [3.63, 3.8) is 0 Å². The van der Waals surface area contributed by atoms with E-state index in [1.807, 2.05) is 0 Å². The van der Waals surface area contributed by atoms with Crippen LogP contribution in [-0.4, -0.2) is 52.3 Å². The quantitative estimate of drug-likeness (QED) is 0.188. The minimum Gasteiger partial charge on any atom is -0.382 e. The van der Waals surface area contributed by atoms with Gasteiger partial charge in [-0.25, -0.2) is 9.75 Å². The minimum atomic E-state index is -4.63. The fraction of sp³-hybridized carbons (Fsp3) is 0.385. The number of aromatic nitrogens is 2. The highest BCUT2D eigenvalue weighted by Gasteiger charge is 2.32. The molecule has 4 rings (SSSR count). The number of hydrogen-bond acceptors (Lipinski definition) is 6. The third-order valence-electron chi connectivity index (χ3n) is 6.52. The van der Waals surface area contributed by atoms with Gasteiger partial charge in [-0.3, -0.25) is 10.0 Å². The van der Waals surface area contributed by atoms with Gasteiger partial charge in [-0.15, -0.1) is 0 Å². The van der Waals surface area contributed by atoms with Crippen molar-refractivity contribution in [1.29, 1.82) is 0 Å². The van der Waals surface area contributed by atoms with Crippen molar-refractivity contribution >= 4 is 27.6 Å². The molecule has 8 nitrogen and oxygen atoms in total.